The average molecular weight is 279 g/mol. The molecule has 0 aliphatic rings. The molecule has 0 fully saturated rings. The maximum absolute atomic E-state index is 12.5. The van der Waals surface area contributed by atoms with Gasteiger partial charge in [-0.1, -0.05) is 13.0 Å². The summed E-state index contributed by atoms with van der Waals surface area (Å²) in [7, 11) is 1.54. The van der Waals surface area contributed by atoms with E-state index in [-0.39, 0.29) is 24.9 Å². The summed E-state index contributed by atoms with van der Waals surface area (Å²) >= 11 is 0. The summed E-state index contributed by atoms with van der Waals surface area (Å²) in [6.07, 6.45) is 0.718. The maximum atomic E-state index is 12.5. The average Bonchev–Trinajstić information content (AvgIpc) is 2.46. The Balaban J connectivity index is 2.93. The molecule has 0 radical (unpaired) electrons. The number of rotatable bonds is 7. The van der Waals surface area contributed by atoms with E-state index < -0.39 is 5.97 Å². The van der Waals surface area contributed by atoms with Crippen molar-refractivity contribution < 1.29 is 19.4 Å². The highest BCUT2D eigenvalue weighted by Gasteiger charge is 2.21. The molecule has 110 valence electrons. The molecular weight excluding hydrogens is 258 g/mol. The summed E-state index contributed by atoms with van der Waals surface area (Å²) in [6.45, 7) is 4.09. The highest BCUT2D eigenvalue weighted by molar-refractivity contribution is 5.95. The Kier molecular flexibility index (Phi) is 6.03. The van der Waals surface area contributed by atoms with Crippen molar-refractivity contribution in [1.29, 1.82) is 0 Å². The molecule has 5 nitrogen and oxygen atoms in total. The van der Waals surface area contributed by atoms with E-state index in [1.54, 1.807) is 36.3 Å². The third-order valence-electron chi connectivity index (χ3n) is 3.27. The summed E-state index contributed by atoms with van der Waals surface area (Å²) < 4.78 is 5.10. The van der Waals surface area contributed by atoms with Crippen molar-refractivity contribution in [2.75, 3.05) is 13.7 Å². The Morgan fingerprint density at radius 2 is 2.10 bits per heavy atom. The van der Waals surface area contributed by atoms with E-state index in [9.17, 15) is 9.59 Å². The first kappa shape index (κ1) is 16.0. The number of carbonyl (C=O) groups excluding carboxylic acids is 1. The van der Waals surface area contributed by atoms with Crippen LogP contribution in [0.1, 0.15) is 37.0 Å². The molecule has 20 heavy (non-hydrogen) atoms. The van der Waals surface area contributed by atoms with Gasteiger partial charge in [0.25, 0.3) is 5.91 Å². The topological polar surface area (TPSA) is 66.8 Å². The van der Waals surface area contributed by atoms with Crippen molar-refractivity contribution in [3.8, 4) is 5.75 Å². The van der Waals surface area contributed by atoms with Crippen molar-refractivity contribution in [3.63, 3.8) is 0 Å². The molecule has 1 aromatic rings. The SMILES string of the molecule is CCC(C)N(CCC(=O)O)C(=O)c1cccc(OC)c1. The summed E-state index contributed by atoms with van der Waals surface area (Å²) in [4.78, 5) is 24.8. The molecule has 1 rings (SSSR count). The zero-order valence-electron chi connectivity index (χ0n) is 12.1. The Labute approximate surface area is 119 Å². The first-order valence-corrected chi connectivity index (χ1v) is 6.66. The van der Waals surface area contributed by atoms with Gasteiger partial charge in [-0.25, -0.2) is 0 Å². The largest absolute Gasteiger partial charge is 0.497 e. The summed E-state index contributed by atoms with van der Waals surface area (Å²) in [5.41, 5.74) is 0.509. The minimum atomic E-state index is -0.906. The molecule has 1 N–H and O–H groups in total. The van der Waals surface area contributed by atoms with Gasteiger partial charge in [0, 0.05) is 18.2 Å². The van der Waals surface area contributed by atoms with Gasteiger partial charge in [-0.2, -0.15) is 0 Å². The molecule has 0 spiro atoms. The van der Waals surface area contributed by atoms with E-state index in [4.69, 9.17) is 9.84 Å². The number of hydrogen-bond donors (Lipinski definition) is 1. The van der Waals surface area contributed by atoms with Crippen molar-refractivity contribution in [2.24, 2.45) is 0 Å². The first-order chi connectivity index (χ1) is 9.49. The van der Waals surface area contributed by atoms with Crippen LogP contribution < -0.4 is 4.74 Å². The van der Waals surface area contributed by atoms with Gasteiger partial charge in [-0.05, 0) is 31.5 Å². The molecule has 1 amide bonds. The fourth-order valence-electron chi connectivity index (χ4n) is 1.88. The number of aliphatic carboxylic acids is 1. The molecule has 1 unspecified atom stereocenters. The van der Waals surface area contributed by atoms with Crippen LogP contribution in [-0.2, 0) is 4.79 Å². The van der Waals surface area contributed by atoms with Gasteiger partial charge in [0.1, 0.15) is 5.75 Å². The lowest BCUT2D eigenvalue weighted by Crippen LogP contribution is -2.39. The zero-order valence-corrected chi connectivity index (χ0v) is 12.1. The molecule has 0 heterocycles. The van der Waals surface area contributed by atoms with Gasteiger partial charge in [-0.15, -0.1) is 0 Å². The molecule has 0 bridgehead atoms. The smallest absolute Gasteiger partial charge is 0.305 e. The lowest BCUT2D eigenvalue weighted by molar-refractivity contribution is -0.137. The van der Waals surface area contributed by atoms with Gasteiger partial charge in [0.15, 0.2) is 0 Å². The minimum Gasteiger partial charge on any atom is -0.497 e. The Bertz CT molecular complexity index is 473. The molecule has 5 heteroatoms. The maximum Gasteiger partial charge on any atom is 0.305 e. The number of hydrogen-bond acceptors (Lipinski definition) is 3. The molecule has 0 aromatic heterocycles. The Morgan fingerprint density at radius 3 is 2.65 bits per heavy atom. The van der Waals surface area contributed by atoms with Gasteiger partial charge in [0.05, 0.1) is 13.5 Å². The van der Waals surface area contributed by atoms with Crippen LogP contribution in [-0.4, -0.2) is 41.6 Å². The second-order valence-electron chi connectivity index (χ2n) is 4.63. The number of ether oxygens (including phenoxy) is 1. The molecular formula is C15H21NO4. The summed E-state index contributed by atoms with van der Waals surface area (Å²) in [5.74, 6) is -0.463. The fraction of sp³-hybridized carbons (Fsp3) is 0.467. The highest BCUT2D eigenvalue weighted by atomic mass is 16.5. The quantitative estimate of drug-likeness (QED) is 0.832. The fourth-order valence-corrected chi connectivity index (χ4v) is 1.88. The first-order valence-electron chi connectivity index (χ1n) is 6.66. The lowest BCUT2D eigenvalue weighted by atomic mass is 10.1. The van der Waals surface area contributed by atoms with Gasteiger partial charge in [-0.3, -0.25) is 9.59 Å². The van der Waals surface area contributed by atoms with E-state index >= 15 is 0 Å². The van der Waals surface area contributed by atoms with Gasteiger partial charge in [0.2, 0.25) is 0 Å². The van der Waals surface area contributed by atoms with Gasteiger partial charge < -0.3 is 14.7 Å². The Hall–Kier alpha value is -2.04. The number of carboxylic acids is 1. The monoisotopic (exact) mass is 279 g/mol. The van der Waals surface area contributed by atoms with Crippen molar-refractivity contribution in [1.82, 2.24) is 4.90 Å². The predicted octanol–water partition coefficient (Wildman–Crippen LogP) is 2.41. The van der Waals surface area contributed by atoms with Crippen molar-refractivity contribution in [2.45, 2.75) is 32.7 Å². The van der Waals surface area contributed by atoms with Crippen molar-refractivity contribution >= 4 is 11.9 Å². The third kappa shape index (κ3) is 4.26. The number of benzene rings is 1. The zero-order chi connectivity index (χ0) is 15.1. The van der Waals surface area contributed by atoms with Crippen LogP contribution in [0, 0.1) is 0 Å². The predicted molar refractivity (Wildman–Crippen MR) is 76.0 cm³/mol. The van der Waals surface area contributed by atoms with E-state index in [1.165, 1.54) is 0 Å². The number of methoxy groups -OCH3 is 1. The lowest BCUT2D eigenvalue weighted by Gasteiger charge is -2.28. The van der Waals surface area contributed by atoms with Crippen molar-refractivity contribution in [3.05, 3.63) is 29.8 Å². The molecule has 0 saturated heterocycles. The molecule has 0 aliphatic heterocycles. The van der Waals surface area contributed by atoms with E-state index in [0.29, 0.717) is 11.3 Å². The van der Waals surface area contributed by atoms with Crippen LogP contribution in [0.15, 0.2) is 24.3 Å². The van der Waals surface area contributed by atoms with Crippen LogP contribution >= 0.6 is 0 Å². The second-order valence-corrected chi connectivity index (χ2v) is 4.63. The van der Waals surface area contributed by atoms with E-state index in [0.717, 1.165) is 6.42 Å². The van der Waals surface area contributed by atoms with Crippen LogP contribution in [0.3, 0.4) is 0 Å². The number of amides is 1. The van der Waals surface area contributed by atoms with E-state index in [2.05, 4.69) is 0 Å². The number of carboxylic acid groups (broad SMARTS) is 1. The highest BCUT2D eigenvalue weighted by Crippen LogP contribution is 2.16. The van der Waals surface area contributed by atoms with Crippen LogP contribution in [0.25, 0.3) is 0 Å². The Morgan fingerprint density at radius 1 is 1.40 bits per heavy atom. The molecule has 1 aromatic carbocycles. The summed E-state index contributed by atoms with van der Waals surface area (Å²) in [6, 6.07) is 6.88. The normalized spacial score (nSPS) is 11.8. The summed E-state index contributed by atoms with van der Waals surface area (Å²) in [5, 5.41) is 8.79. The van der Waals surface area contributed by atoms with Crippen LogP contribution in [0.5, 0.6) is 5.75 Å². The minimum absolute atomic E-state index is 0.00643. The van der Waals surface area contributed by atoms with Gasteiger partial charge >= 0.3 is 5.97 Å². The molecule has 0 saturated carbocycles. The van der Waals surface area contributed by atoms with Crippen LogP contribution in [0.4, 0.5) is 0 Å². The molecule has 0 aliphatic carbocycles. The number of carbonyl (C=O) groups is 2. The molecule has 1 atom stereocenters. The van der Waals surface area contributed by atoms with E-state index in [1.807, 2.05) is 13.8 Å². The standard InChI is InChI=1S/C15H21NO4/c1-4-11(2)16(9-8-14(17)18)15(19)12-6-5-7-13(10-12)20-3/h5-7,10-11H,4,8-9H2,1-3H3,(H,17,18). The second kappa shape index (κ2) is 7.53. The third-order valence-corrected chi connectivity index (χ3v) is 3.27. The van der Waals surface area contributed by atoms with Crippen LogP contribution in [0.2, 0.25) is 0 Å². The number of nitrogens with zero attached hydrogens (tertiary/aromatic N) is 1.